The first-order chi connectivity index (χ1) is 6.47. The van der Waals surface area contributed by atoms with Crippen LogP contribution in [0.15, 0.2) is 4.99 Å². The smallest absolute Gasteiger partial charge is 0.321 e. The fraction of sp³-hybridized carbons (Fsp3) is 0.750. The van der Waals surface area contributed by atoms with Crippen molar-refractivity contribution in [2.45, 2.75) is 25.9 Å². The lowest BCUT2D eigenvalue weighted by Gasteiger charge is -2.13. The van der Waals surface area contributed by atoms with Crippen LogP contribution >= 0.6 is 12.6 Å². The van der Waals surface area contributed by atoms with Crippen molar-refractivity contribution in [3.63, 3.8) is 0 Å². The summed E-state index contributed by atoms with van der Waals surface area (Å²) >= 11 is 3.92. The highest BCUT2D eigenvalue weighted by atomic mass is 32.1. The molecule has 0 spiro atoms. The number of aliphatic imine (C=N–C) groups is 1. The number of hydrogen-bond donors (Lipinski definition) is 4. The van der Waals surface area contributed by atoms with Crippen molar-refractivity contribution in [1.82, 2.24) is 5.32 Å². The van der Waals surface area contributed by atoms with Gasteiger partial charge in [0.05, 0.1) is 11.9 Å². The van der Waals surface area contributed by atoms with Gasteiger partial charge in [0.1, 0.15) is 6.04 Å². The van der Waals surface area contributed by atoms with Gasteiger partial charge in [-0.05, 0) is 13.8 Å². The monoisotopic (exact) mass is 219 g/mol. The number of carboxylic acid groups (broad SMARTS) is 1. The second kappa shape index (κ2) is 6.67. The number of hydrogen-bond acceptors (Lipinski definition) is 4. The Balaban J connectivity index is 3.91. The maximum Gasteiger partial charge on any atom is 0.321 e. The molecule has 0 saturated carbocycles. The largest absolute Gasteiger partial charge is 0.480 e. The standard InChI is InChI=1S/C8H17N3O2S/c1-5(11-6(2)9)3-10-7(4-14)8(12)13/h5,7,10,14H,3-4H2,1-2H3,(H2,9,11)(H,12,13)/t5-,7+/m1/s1. The van der Waals surface area contributed by atoms with Crippen molar-refractivity contribution in [1.29, 1.82) is 0 Å². The minimum Gasteiger partial charge on any atom is -0.480 e. The maximum atomic E-state index is 10.6. The van der Waals surface area contributed by atoms with Gasteiger partial charge in [-0.3, -0.25) is 9.79 Å². The SMILES string of the molecule is CC(N)=N[C@H](C)CN[C@@H](CS)C(=O)O. The average Bonchev–Trinajstić information content (AvgIpc) is 2.03. The lowest BCUT2D eigenvalue weighted by molar-refractivity contribution is -0.138. The fourth-order valence-electron chi connectivity index (χ4n) is 0.936. The highest BCUT2D eigenvalue weighted by molar-refractivity contribution is 7.80. The third-order valence-electron chi connectivity index (χ3n) is 1.56. The first-order valence-electron chi connectivity index (χ1n) is 4.34. The summed E-state index contributed by atoms with van der Waals surface area (Å²) in [6.07, 6.45) is 0. The number of amidine groups is 1. The van der Waals surface area contributed by atoms with Crippen LogP contribution in [0.25, 0.3) is 0 Å². The molecule has 0 aliphatic rings. The molecule has 0 aromatic carbocycles. The summed E-state index contributed by atoms with van der Waals surface area (Å²) in [6, 6.07) is -0.657. The Labute approximate surface area is 89.2 Å². The van der Waals surface area contributed by atoms with E-state index in [1.54, 1.807) is 6.92 Å². The third-order valence-corrected chi connectivity index (χ3v) is 1.93. The number of aliphatic carboxylic acids is 1. The van der Waals surface area contributed by atoms with E-state index in [2.05, 4.69) is 22.9 Å². The number of rotatable bonds is 6. The molecule has 0 aliphatic carbocycles. The van der Waals surface area contributed by atoms with Gasteiger partial charge in [0, 0.05) is 12.3 Å². The molecule has 0 heterocycles. The second-order valence-corrected chi connectivity index (χ2v) is 3.47. The molecule has 82 valence electrons. The van der Waals surface area contributed by atoms with E-state index in [9.17, 15) is 4.79 Å². The van der Waals surface area contributed by atoms with Crippen LogP contribution in [-0.2, 0) is 4.79 Å². The van der Waals surface area contributed by atoms with Crippen molar-refractivity contribution in [3.05, 3.63) is 0 Å². The summed E-state index contributed by atoms with van der Waals surface area (Å²) in [5.41, 5.74) is 5.38. The van der Waals surface area contributed by atoms with Gasteiger partial charge in [-0.25, -0.2) is 0 Å². The van der Waals surface area contributed by atoms with Crippen LogP contribution < -0.4 is 11.1 Å². The van der Waals surface area contributed by atoms with E-state index in [1.165, 1.54) is 0 Å². The Hall–Kier alpha value is -0.750. The van der Waals surface area contributed by atoms with Crippen LogP contribution in [0.4, 0.5) is 0 Å². The fourth-order valence-corrected chi connectivity index (χ4v) is 1.22. The number of carbonyl (C=O) groups is 1. The van der Waals surface area contributed by atoms with Gasteiger partial charge in [-0.2, -0.15) is 12.6 Å². The molecule has 2 atom stereocenters. The molecule has 6 heteroatoms. The van der Waals surface area contributed by atoms with Gasteiger partial charge in [0.2, 0.25) is 0 Å². The molecule has 0 bridgehead atoms. The molecular weight excluding hydrogens is 202 g/mol. The molecule has 0 saturated heterocycles. The molecule has 14 heavy (non-hydrogen) atoms. The topological polar surface area (TPSA) is 87.7 Å². The van der Waals surface area contributed by atoms with Crippen molar-refractivity contribution in [2.24, 2.45) is 10.7 Å². The summed E-state index contributed by atoms with van der Waals surface area (Å²) in [5, 5.41) is 11.5. The van der Waals surface area contributed by atoms with E-state index in [4.69, 9.17) is 10.8 Å². The van der Waals surface area contributed by atoms with E-state index in [0.717, 1.165) is 0 Å². The van der Waals surface area contributed by atoms with Crippen LogP contribution in [0.5, 0.6) is 0 Å². The van der Waals surface area contributed by atoms with E-state index < -0.39 is 12.0 Å². The minimum absolute atomic E-state index is 0.0262. The number of carboxylic acids is 1. The first kappa shape index (κ1) is 13.2. The molecule has 0 unspecified atom stereocenters. The van der Waals surface area contributed by atoms with Gasteiger partial charge in [-0.15, -0.1) is 0 Å². The Morgan fingerprint density at radius 2 is 2.29 bits per heavy atom. The van der Waals surface area contributed by atoms with Gasteiger partial charge >= 0.3 is 5.97 Å². The molecule has 0 aliphatic heterocycles. The number of nitrogens with one attached hydrogen (secondary N) is 1. The van der Waals surface area contributed by atoms with Crippen molar-refractivity contribution < 1.29 is 9.90 Å². The van der Waals surface area contributed by atoms with Crippen LogP contribution in [0.1, 0.15) is 13.8 Å². The molecule has 0 radical (unpaired) electrons. The Kier molecular flexibility index (Phi) is 6.31. The lowest BCUT2D eigenvalue weighted by Crippen LogP contribution is -2.41. The molecular formula is C8H17N3O2S. The highest BCUT2D eigenvalue weighted by Gasteiger charge is 2.14. The van der Waals surface area contributed by atoms with Crippen LogP contribution in [-0.4, -0.2) is 41.3 Å². The van der Waals surface area contributed by atoms with E-state index in [-0.39, 0.29) is 11.8 Å². The summed E-state index contributed by atoms with van der Waals surface area (Å²) in [6.45, 7) is 4.04. The van der Waals surface area contributed by atoms with Gasteiger partial charge < -0.3 is 16.2 Å². The summed E-state index contributed by atoms with van der Waals surface area (Å²) in [4.78, 5) is 14.7. The third kappa shape index (κ3) is 5.82. The molecule has 4 N–H and O–H groups in total. The zero-order valence-corrected chi connectivity index (χ0v) is 9.29. The lowest BCUT2D eigenvalue weighted by atomic mass is 10.3. The molecule has 5 nitrogen and oxygen atoms in total. The predicted molar refractivity (Wildman–Crippen MR) is 60.0 cm³/mol. The number of thiol groups is 1. The zero-order chi connectivity index (χ0) is 11.1. The van der Waals surface area contributed by atoms with Gasteiger partial charge in [-0.1, -0.05) is 0 Å². The Bertz CT molecular complexity index is 217. The highest BCUT2D eigenvalue weighted by Crippen LogP contribution is 1.92. The predicted octanol–water partition coefficient (Wildman–Crippen LogP) is -0.275. The van der Waals surface area contributed by atoms with E-state index in [0.29, 0.717) is 12.4 Å². The maximum absolute atomic E-state index is 10.6. The van der Waals surface area contributed by atoms with E-state index in [1.807, 2.05) is 6.92 Å². The molecule has 0 fully saturated rings. The quantitative estimate of drug-likeness (QED) is 0.281. The van der Waals surface area contributed by atoms with Crippen LogP contribution in [0.3, 0.4) is 0 Å². The number of nitrogens with two attached hydrogens (primary N) is 1. The average molecular weight is 219 g/mol. The van der Waals surface area contributed by atoms with Crippen LogP contribution in [0, 0.1) is 0 Å². The summed E-state index contributed by atoms with van der Waals surface area (Å²) in [7, 11) is 0. The van der Waals surface area contributed by atoms with Crippen molar-refractivity contribution >= 4 is 24.4 Å². The molecule has 0 aromatic rings. The van der Waals surface area contributed by atoms with E-state index >= 15 is 0 Å². The van der Waals surface area contributed by atoms with Gasteiger partial charge in [0.25, 0.3) is 0 Å². The summed E-state index contributed by atoms with van der Waals surface area (Å²) in [5.74, 6) is -0.148. The minimum atomic E-state index is -0.902. The first-order valence-corrected chi connectivity index (χ1v) is 4.97. The Morgan fingerprint density at radius 3 is 2.64 bits per heavy atom. The normalized spacial score (nSPS) is 16.4. The zero-order valence-electron chi connectivity index (χ0n) is 8.40. The molecule has 0 aromatic heterocycles. The molecule has 0 rings (SSSR count). The van der Waals surface area contributed by atoms with Gasteiger partial charge in [0.15, 0.2) is 0 Å². The second-order valence-electron chi connectivity index (χ2n) is 3.10. The number of nitrogens with zero attached hydrogens (tertiary/aromatic N) is 1. The molecule has 0 amide bonds. The van der Waals surface area contributed by atoms with Crippen LogP contribution in [0.2, 0.25) is 0 Å². The Morgan fingerprint density at radius 1 is 1.71 bits per heavy atom. The van der Waals surface area contributed by atoms with Crippen molar-refractivity contribution in [3.8, 4) is 0 Å². The summed E-state index contributed by atoms with van der Waals surface area (Å²) < 4.78 is 0. The van der Waals surface area contributed by atoms with Crippen molar-refractivity contribution in [2.75, 3.05) is 12.3 Å².